The summed E-state index contributed by atoms with van der Waals surface area (Å²) in [4.78, 5) is 14.2. The molecule has 23 heavy (non-hydrogen) atoms. The van der Waals surface area contributed by atoms with Crippen molar-refractivity contribution in [3.05, 3.63) is 35.0 Å². The van der Waals surface area contributed by atoms with Gasteiger partial charge in [-0.2, -0.15) is 5.26 Å². The number of carbonyl (C=O) groups is 1. The number of anilines is 2. The third-order valence-corrected chi connectivity index (χ3v) is 3.71. The predicted molar refractivity (Wildman–Crippen MR) is 89.8 cm³/mol. The zero-order chi connectivity index (χ0) is 17.0. The van der Waals surface area contributed by atoms with Crippen LogP contribution in [-0.2, 0) is 9.53 Å². The summed E-state index contributed by atoms with van der Waals surface area (Å²) in [5.41, 5.74) is 6.57. The van der Waals surface area contributed by atoms with Gasteiger partial charge >= 0.3 is 0 Å². The minimum atomic E-state index is -0.486. The molecule has 2 rings (SSSR count). The number of nitrogens with two attached hydrogens (primary N) is 1. The fourth-order valence-corrected chi connectivity index (χ4v) is 2.63. The van der Waals surface area contributed by atoms with Gasteiger partial charge < -0.3 is 20.7 Å². The van der Waals surface area contributed by atoms with Gasteiger partial charge in [0.15, 0.2) is 0 Å². The van der Waals surface area contributed by atoms with Crippen LogP contribution in [0.3, 0.4) is 0 Å². The highest BCUT2D eigenvalue weighted by Crippen LogP contribution is 2.23. The molecule has 0 bridgehead atoms. The van der Waals surface area contributed by atoms with Crippen LogP contribution in [0.5, 0.6) is 0 Å². The van der Waals surface area contributed by atoms with Crippen LogP contribution in [0.4, 0.5) is 11.4 Å². The molecule has 1 heterocycles. The van der Waals surface area contributed by atoms with Gasteiger partial charge in [-0.15, -0.1) is 0 Å². The Morgan fingerprint density at radius 2 is 2.13 bits per heavy atom. The largest absolute Gasteiger partial charge is 0.398 e. The van der Waals surface area contributed by atoms with Gasteiger partial charge in [-0.25, -0.2) is 0 Å². The number of rotatable bonds is 3. The molecule has 122 valence electrons. The zero-order valence-electron chi connectivity index (χ0n) is 13.0. The summed E-state index contributed by atoms with van der Waals surface area (Å²) in [6, 6.07) is 6.71. The Balaban J connectivity index is 2.10. The maximum absolute atomic E-state index is 12.2. The van der Waals surface area contributed by atoms with Crippen LogP contribution in [0.1, 0.15) is 13.8 Å². The quantitative estimate of drug-likeness (QED) is 0.503. The molecule has 1 aliphatic rings. The normalized spacial score (nSPS) is 21.7. The standard InChI is InChI=1S/C16H19ClN4O2/c1-10-7-21(8-11(2)23-10)9-12(6-18)16(22)20-13-3-4-15(19)14(17)5-13/h3-5,9-11H,7-8,19H2,1-2H3,(H,20,22)/b12-9-. The van der Waals surface area contributed by atoms with Crippen molar-refractivity contribution in [1.82, 2.24) is 4.90 Å². The van der Waals surface area contributed by atoms with Crippen LogP contribution >= 0.6 is 11.6 Å². The second-order valence-electron chi connectivity index (χ2n) is 5.56. The molecule has 1 fully saturated rings. The number of ether oxygens (including phenoxy) is 1. The van der Waals surface area contributed by atoms with E-state index >= 15 is 0 Å². The molecule has 0 radical (unpaired) electrons. The second kappa shape index (κ2) is 7.36. The van der Waals surface area contributed by atoms with Crippen LogP contribution in [0, 0.1) is 11.3 Å². The van der Waals surface area contributed by atoms with Gasteiger partial charge in [0.25, 0.3) is 5.91 Å². The topological polar surface area (TPSA) is 91.4 Å². The number of halogens is 1. The Hall–Kier alpha value is -2.23. The Kier molecular flexibility index (Phi) is 5.48. The van der Waals surface area contributed by atoms with Crippen molar-refractivity contribution in [3.63, 3.8) is 0 Å². The first-order valence-corrected chi connectivity index (χ1v) is 7.64. The monoisotopic (exact) mass is 334 g/mol. The first kappa shape index (κ1) is 17.1. The molecule has 6 nitrogen and oxygen atoms in total. The van der Waals surface area contributed by atoms with E-state index in [0.29, 0.717) is 29.5 Å². The molecular formula is C16H19ClN4O2. The summed E-state index contributed by atoms with van der Waals surface area (Å²) in [6.45, 7) is 5.19. The SMILES string of the molecule is CC1CN(/C=C(/C#N)C(=O)Nc2ccc(N)c(Cl)c2)CC(C)O1. The van der Waals surface area contributed by atoms with Crippen LogP contribution < -0.4 is 11.1 Å². The molecule has 1 aromatic carbocycles. The van der Waals surface area contributed by atoms with Gasteiger partial charge in [0.2, 0.25) is 0 Å². The summed E-state index contributed by atoms with van der Waals surface area (Å²) in [6.07, 6.45) is 1.67. The van der Waals surface area contributed by atoms with E-state index in [0.717, 1.165) is 0 Å². The highest BCUT2D eigenvalue weighted by molar-refractivity contribution is 6.33. The smallest absolute Gasteiger partial charge is 0.267 e. The van der Waals surface area contributed by atoms with E-state index in [-0.39, 0.29) is 17.8 Å². The Morgan fingerprint density at radius 1 is 1.48 bits per heavy atom. The van der Waals surface area contributed by atoms with Crippen LogP contribution in [-0.4, -0.2) is 36.1 Å². The lowest BCUT2D eigenvalue weighted by molar-refractivity contribution is -0.112. The van der Waals surface area contributed by atoms with Gasteiger partial charge in [-0.3, -0.25) is 4.79 Å². The number of hydrogen-bond acceptors (Lipinski definition) is 5. The predicted octanol–water partition coefficient (Wildman–Crippen LogP) is 2.38. The molecule has 0 aromatic heterocycles. The number of carbonyl (C=O) groups excluding carboxylic acids is 1. The van der Waals surface area contributed by atoms with Crippen molar-refractivity contribution in [2.24, 2.45) is 0 Å². The Morgan fingerprint density at radius 3 is 2.70 bits per heavy atom. The highest BCUT2D eigenvalue weighted by atomic mass is 35.5. The Labute approximate surface area is 140 Å². The number of nitriles is 1. The van der Waals surface area contributed by atoms with E-state index in [1.807, 2.05) is 24.8 Å². The molecular weight excluding hydrogens is 316 g/mol. The number of hydrogen-bond donors (Lipinski definition) is 2. The summed E-state index contributed by atoms with van der Waals surface area (Å²) >= 11 is 5.92. The van der Waals surface area contributed by atoms with E-state index in [9.17, 15) is 10.1 Å². The maximum Gasteiger partial charge on any atom is 0.267 e. The van der Waals surface area contributed by atoms with E-state index in [4.69, 9.17) is 22.1 Å². The molecule has 1 saturated heterocycles. The van der Waals surface area contributed by atoms with Crippen molar-refractivity contribution in [2.45, 2.75) is 26.1 Å². The molecule has 1 aliphatic heterocycles. The number of nitrogens with one attached hydrogen (secondary N) is 1. The lowest BCUT2D eigenvalue weighted by Crippen LogP contribution is -2.43. The van der Waals surface area contributed by atoms with Gasteiger partial charge in [0.05, 0.1) is 22.9 Å². The van der Waals surface area contributed by atoms with Crippen molar-refractivity contribution in [1.29, 1.82) is 5.26 Å². The lowest BCUT2D eigenvalue weighted by Gasteiger charge is -2.34. The van der Waals surface area contributed by atoms with E-state index in [1.54, 1.807) is 24.4 Å². The lowest BCUT2D eigenvalue weighted by atomic mass is 10.2. The number of benzene rings is 1. The number of amides is 1. The summed E-state index contributed by atoms with van der Waals surface area (Å²) < 4.78 is 5.63. The van der Waals surface area contributed by atoms with Crippen molar-refractivity contribution in [3.8, 4) is 6.07 Å². The van der Waals surface area contributed by atoms with E-state index < -0.39 is 5.91 Å². The van der Waals surface area contributed by atoms with Crippen molar-refractivity contribution >= 4 is 28.9 Å². The fourth-order valence-electron chi connectivity index (χ4n) is 2.45. The van der Waals surface area contributed by atoms with Crippen LogP contribution in [0.2, 0.25) is 5.02 Å². The number of morpholine rings is 1. The Bertz CT molecular complexity index is 659. The molecule has 0 spiro atoms. The second-order valence-corrected chi connectivity index (χ2v) is 5.96. The number of nitrogens with zero attached hydrogens (tertiary/aromatic N) is 2. The number of nitrogen functional groups attached to an aromatic ring is 1. The van der Waals surface area contributed by atoms with Crippen molar-refractivity contribution in [2.75, 3.05) is 24.1 Å². The fraction of sp³-hybridized carbons (Fsp3) is 0.375. The average Bonchev–Trinajstić information content (AvgIpc) is 2.47. The first-order valence-electron chi connectivity index (χ1n) is 7.27. The van der Waals surface area contributed by atoms with Crippen LogP contribution in [0.15, 0.2) is 30.0 Å². The first-order chi connectivity index (χ1) is 10.9. The third kappa shape index (κ3) is 4.62. The van der Waals surface area contributed by atoms with E-state index in [1.165, 1.54) is 0 Å². The molecule has 1 aromatic rings. The zero-order valence-corrected chi connectivity index (χ0v) is 13.8. The van der Waals surface area contributed by atoms with Gasteiger partial charge in [-0.05, 0) is 32.0 Å². The molecule has 3 N–H and O–H groups in total. The van der Waals surface area contributed by atoms with Gasteiger partial charge in [0.1, 0.15) is 11.6 Å². The molecule has 7 heteroatoms. The molecule has 2 atom stereocenters. The molecule has 2 unspecified atom stereocenters. The van der Waals surface area contributed by atoms with Crippen LogP contribution in [0.25, 0.3) is 0 Å². The molecule has 0 saturated carbocycles. The molecule has 1 amide bonds. The minimum absolute atomic E-state index is 0.0271. The molecule has 0 aliphatic carbocycles. The maximum atomic E-state index is 12.2. The third-order valence-electron chi connectivity index (χ3n) is 3.38. The summed E-state index contributed by atoms with van der Waals surface area (Å²) in [5, 5.41) is 12.2. The van der Waals surface area contributed by atoms with E-state index in [2.05, 4.69) is 5.32 Å². The highest BCUT2D eigenvalue weighted by Gasteiger charge is 2.21. The summed E-state index contributed by atoms with van der Waals surface area (Å²) in [7, 11) is 0. The van der Waals surface area contributed by atoms with Gasteiger partial charge in [-0.1, -0.05) is 11.6 Å². The minimum Gasteiger partial charge on any atom is -0.398 e. The van der Waals surface area contributed by atoms with Crippen molar-refractivity contribution < 1.29 is 9.53 Å². The summed E-state index contributed by atoms with van der Waals surface area (Å²) in [5.74, 6) is -0.486. The van der Waals surface area contributed by atoms with Gasteiger partial charge in [0, 0.05) is 25.0 Å². The average molecular weight is 335 g/mol.